The second-order valence-electron chi connectivity index (χ2n) is 7.39. The first-order valence-corrected chi connectivity index (χ1v) is 9.58. The predicted octanol–water partition coefficient (Wildman–Crippen LogP) is 2.96. The molecule has 138 valence electrons. The topological polar surface area (TPSA) is 61.8 Å². The fraction of sp³-hybridized carbons (Fsp3) is 0.650. The summed E-state index contributed by atoms with van der Waals surface area (Å²) < 4.78 is 5.97. The van der Waals surface area contributed by atoms with E-state index in [0.717, 1.165) is 25.1 Å². The fourth-order valence-corrected chi connectivity index (χ4v) is 3.72. The van der Waals surface area contributed by atoms with Crippen molar-refractivity contribution in [3.05, 3.63) is 29.8 Å². The second-order valence-corrected chi connectivity index (χ2v) is 7.39. The van der Waals surface area contributed by atoms with Crippen molar-refractivity contribution in [2.24, 2.45) is 5.92 Å². The Bertz CT molecular complexity index is 553. The molecule has 0 radical (unpaired) electrons. The Labute approximate surface area is 150 Å². The van der Waals surface area contributed by atoms with Crippen molar-refractivity contribution >= 4 is 6.03 Å². The molecule has 1 saturated heterocycles. The zero-order valence-corrected chi connectivity index (χ0v) is 15.1. The number of nitrogens with one attached hydrogen (secondary N) is 1. The number of rotatable bonds is 6. The molecule has 1 saturated carbocycles. The Balaban J connectivity index is 1.37. The van der Waals surface area contributed by atoms with Crippen LogP contribution in [0.4, 0.5) is 4.79 Å². The summed E-state index contributed by atoms with van der Waals surface area (Å²) in [6, 6.07) is 8.20. The molecule has 2 amide bonds. The third-order valence-corrected chi connectivity index (χ3v) is 5.41. The number of hydrogen-bond acceptors (Lipinski definition) is 3. The molecule has 25 heavy (non-hydrogen) atoms. The van der Waals surface area contributed by atoms with E-state index in [-0.39, 0.29) is 18.1 Å². The van der Waals surface area contributed by atoms with E-state index in [1.807, 2.05) is 12.1 Å². The maximum atomic E-state index is 12.2. The molecule has 1 aromatic carbocycles. The van der Waals surface area contributed by atoms with E-state index in [1.54, 1.807) is 11.8 Å². The zero-order chi connectivity index (χ0) is 17.6. The van der Waals surface area contributed by atoms with Gasteiger partial charge in [0, 0.05) is 25.6 Å². The standard InChI is InChI=1S/C20H30N2O3/c1-15(23)17-11-13-22(14-17)20(24)21-12-10-16-6-8-19(9-7-16)25-18-4-2-3-5-18/h6-9,15,17-18,23H,2-5,10-14H2,1H3,(H,21,24)/t15-,17-/m1/s1. The minimum atomic E-state index is -0.345. The average molecular weight is 346 g/mol. The summed E-state index contributed by atoms with van der Waals surface area (Å²) in [7, 11) is 0. The zero-order valence-electron chi connectivity index (χ0n) is 15.1. The van der Waals surface area contributed by atoms with E-state index in [0.29, 0.717) is 19.2 Å². The van der Waals surface area contributed by atoms with Crippen LogP contribution in [0.1, 0.15) is 44.6 Å². The number of carbonyl (C=O) groups excluding carboxylic acids is 1. The summed E-state index contributed by atoms with van der Waals surface area (Å²) in [4.78, 5) is 14.0. The number of aliphatic hydroxyl groups excluding tert-OH is 1. The Morgan fingerprint density at radius 3 is 2.64 bits per heavy atom. The Morgan fingerprint density at radius 2 is 2.00 bits per heavy atom. The number of benzene rings is 1. The number of carbonyl (C=O) groups is 1. The summed E-state index contributed by atoms with van der Waals surface area (Å²) in [5.74, 6) is 1.15. The molecule has 1 aromatic rings. The maximum Gasteiger partial charge on any atom is 0.317 e. The highest BCUT2D eigenvalue weighted by Crippen LogP contribution is 2.24. The molecule has 1 heterocycles. The number of amides is 2. The Morgan fingerprint density at radius 1 is 1.28 bits per heavy atom. The van der Waals surface area contributed by atoms with Gasteiger partial charge in [-0.15, -0.1) is 0 Å². The smallest absolute Gasteiger partial charge is 0.317 e. The molecular weight excluding hydrogens is 316 g/mol. The third-order valence-electron chi connectivity index (χ3n) is 5.41. The lowest BCUT2D eigenvalue weighted by atomic mass is 10.0. The lowest BCUT2D eigenvalue weighted by molar-refractivity contribution is 0.129. The Kier molecular flexibility index (Phi) is 6.19. The van der Waals surface area contributed by atoms with E-state index in [1.165, 1.54) is 31.2 Å². The molecule has 2 N–H and O–H groups in total. The molecule has 5 nitrogen and oxygen atoms in total. The average Bonchev–Trinajstić information content (AvgIpc) is 3.28. The highest BCUT2D eigenvalue weighted by molar-refractivity contribution is 5.74. The molecule has 2 atom stereocenters. The number of aliphatic hydroxyl groups is 1. The Hall–Kier alpha value is -1.75. The van der Waals surface area contributed by atoms with Gasteiger partial charge in [-0.05, 0) is 63.1 Å². The molecule has 0 unspecified atom stereocenters. The summed E-state index contributed by atoms with van der Waals surface area (Å²) in [6.45, 7) is 3.80. The summed E-state index contributed by atoms with van der Waals surface area (Å²) in [5.41, 5.74) is 1.20. The molecule has 5 heteroatoms. The van der Waals surface area contributed by atoms with E-state index in [2.05, 4.69) is 17.4 Å². The minimum Gasteiger partial charge on any atom is -0.490 e. The van der Waals surface area contributed by atoms with Crippen LogP contribution in [0.3, 0.4) is 0 Å². The predicted molar refractivity (Wildman–Crippen MR) is 97.8 cm³/mol. The van der Waals surface area contributed by atoms with Crippen LogP contribution in [0.15, 0.2) is 24.3 Å². The normalized spacial score (nSPS) is 22.2. The van der Waals surface area contributed by atoms with Gasteiger partial charge in [0.05, 0.1) is 12.2 Å². The van der Waals surface area contributed by atoms with Crippen molar-refractivity contribution in [1.29, 1.82) is 0 Å². The largest absolute Gasteiger partial charge is 0.490 e. The van der Waals surface area contributed by atoms with Gasteiger partial charge in [-0.25, -0.2) is 4.79 Å². The molecule has 0 aromatic heterocycles. The van der Waals surface area contributed by atoms with E-state index in [9.17, 15) is 9.90 Å². The number of ether oxygens (including phenoxy) is 1. The first-order chi connectivity index (χ1) is 12.1. The summed E-state index contributed by atoms with van der Waals surface area (Å²) in [5, 5.41) is 12.6. The highest BCUT2D eigenvalue weighted by Gasteiger charge is 2.28. The van der Waals surface area contributed by atoms with E-state index >= 15 is 0 Å². The van der Waals surface area contributed by atoms with Gasteiger partial charge in [0.25, 0.3) is 0 Å². The number of likely N-dealkylation sites (tertiary alicyclic amines) is 1. The van der Waals surface area contributed by atoms with Crippen molar-refractivity contribution in [3.8, 4) is 5.75 Å². The molecule has 0 bridgehead atoms. The van der Waals surface area contributed by atoms with Crippen LogP contribution in [0.25, 0.3) is 0 Å². The van der Waals surface area contributed by atoms with Crippen LogP contribution in [-0.2, 0) is 6.42 Å². The second kappa shape index (κ2) is 8.56. The molecule has 1 aliphatic heterocycles. The van der Waals surface area contributed by atoms with Crippen LogP contribution in [-0.4, -0.2) is 47.9 Å². The van der Waals surface area contributed by atoms with Gasteiger partial charge in [0.15, 0.2) is 0 Å². The van der Waals surface area contributed by atoms with Crippen LogP contribution >= 0.6 is 0 Å². The SMILES string of the molecule is C[C@@H](O)[C@@H]1CCN(C(=O)NCCc2ccc(OC3CCCC3)cc2)C1. The fourth-order valence-electron chi connectivity index (χ4n) is 3.72. The lowest BCUT2D eigenvalue weighted by Gasteiger charge is -2.18. The summed E-state index contributed by atoms with van der Waals surface area (Å²) in [6.07, 6.45) is 6.62. The highest BCUT2D eigenvalue weighted by atomic mass is 16.5. The molecule has 2 fully saturated rings. The quantitative estimate of drug-likeness (QED) is 0.832. The minimum absolute atomic E-state index is 0.0238. The van der Waals surface area contributed by atoms with Crippen LogP contribution < -0.4 is 10.1 Å². The van der Waals surface area contributed by atoms with Crippen molar-refractivity contribution in [2.75, 3.05) is 19.6 Å². The number of hydrogen-bond donors (Lipinski definition) is 2. The maximum absolute atomic E-state index is 12.2. The van der Waals surface area contributed by atoms with Crippen molar-refractivity contribution < 1.29 is 14.6 Å². The molecule has 3 rings (SSSR count). The van der Waals surface area contributed by atoms with Crippen LogP contribution in [0.2, 0.25) is 0 Å². The van der Waals surface area contributed by atoms with Gasteiger partial charge in [-0.1, -0.05) is 12.1 Å². The molecular formula is C20H30N2O3. The number of urea groups is 1. The molecule has 2 aliphatic rings. The van der Waals surface area contributed by atoms with Gasteiger partial charge in [0.2, 0.25) is 0 Å². The van der Waals surface area contributed by atoms with Gasteiger partial charge in [-0.2, -0.15) is 0 Å². The van der Waals surface area contributed by atoms with Gasteiger partial charge in [0.1, 0.15) is 5.75 Å². The van der Waals surface area contributed by atoms with Crippen molar-refractivity contribution in [1.82, 2.24) is 10.2 Å². The first kappa shape index (κ1) is 18.1. The summed E-state index contributed by atoms with van der Waals surface area (Å²) >= 11 is 0. The molecule has 1 aliphatic carbocycles. The monoisotopic (exact) mass is 346 g/mol. The van der Waals surface area contributed by atoms with Crippen LogP contribution in [0, 0.1) is 5.92 Å². The molecule has 0 spiro atoms. The van der Waals surface area contributed by atoms with Crippen molar-refractivity contribution in [3.63, 3.8) is 0 Å². The van der Waals surface area contributed by atoms with Crippen LogP contribution in [0.5, 0.6) is 5.75 Å². The van der Waals surface area contributed by atoms with Gasteiger partial charge in [-0.3, -0.25) is 0 Å². The first-order valence-electron chi connectivity index (χ1n) is 9.58. The lowest BCUT2D eigenvalue weighted by Crippen LogP contribution is -2.39. The van der Waals surface area contributed by atoms with Crippen molar-refractivity contribution in [2.45, 2.75) is 57.7 Å². The third kappa shape index (κ3) is 5.11. The van der Waals surface area contributed by atoms with Gasteiger partial charge < -0.3 is 20.1 Å². The van der Waals surface area contributed by atoms with Gasteiger partial charge >= 0.3 is 6.03 Å². The van der Waals surface area contributed by atoms with E-state index in [4.69, 9.17) is 4.74 Å². The van der Waals surface area contributed by atoms with E-state index < -0.39 is 0 Å². The number of nitrogens with zero attached hydrogens (tertiary/aromatic N) is 1.